The zero-order valence-corrected chi connectivity index (χ0v) is 35.3. The van der Waals surface area contributed by atoms with Gasteiger partial charge in [-0.2, -0.15) is 0 Å². The molecule has 5 nitrogen and oxygen atoms in total. The van der Waals surface area contributed by atoms with Crippen LogP contribution in [0.4, 0.5) is 4.79 Å². The van der Waals surface area contributed by atoms with E-state index in [9.17, 15) is 9.59 Å². The third-order valence-corrected chi connectivity index (χ3v) is 10.9. The molecule has 304 valence electrons. The Balaban J connectivity index is 3.33. The molecule has 51 heavy (non-hydrogen) atoms. The molecule has 0 unspecified atom stereocenters. The molecule has 0 aliphatic rings. The van der Waals surface area contributed by atoms with Gasteiger partial charge in [-0.05, 0) is 25.7 Å². The molecular formula is C46H93N3O2. The monoisotopic (exact) mass is 720 g/mol. The van der Waals surface area contributed by atoms with Gasteiger partial charge >= 0.3 is 6.03 Å². The summed E-state index contributed by atoms with van der Waals surface area (Å²) in [7, 11) is 1.98. The minimum atomic E-state index is -0.0195. The van der Waals surface area contributed by atoms with Crippen LogP contribution < -0.4 is 10.6 Å². The Labute approximate surface area is 320 Å². The first-order valence-electron chi connectivity index (χ1n) is 23.4. The van der Waals surface area contributed by atoms with Crippen molar-refractivity contribution in [2.24, 2.45) is 0 Å². The lowest BCUT2D eigenvalue weighted by Crippen LogP contribution is -2.36. The van der Waals surface area contributed by atoms with Gasteiger partial charge in [-0.25, -0.2) is 4.79 Å². The van der Waals surface area contributed by atoms with E-state index in [0.717, 1.165) is 64.6 Å². The number of nitrogens with one attached hydrogen (secondary N) is 2. The number of carbonyl (C=O) groups is 2. The van der Waals surface area contributed by atoms with Crippen molar-refractivity contribution in [2.75, 3.05) is 26.7 Å². The van der Waals surface area contributed by atoms with Gasteiger partial charge in [0.15, 0.2) is 0 Å². The first-order chi connectivity index (χ1) is 25.1. The highest BCUT2D eigenvalue weighted by molar-refractivity contribution is 5.75. The zero-order valence-electron chi connectivity index (χ0n) is 35.3. The van der Waals surface area contributed by atoms with E-state index in [1.54, 1.807) is 0 Å². The van der Waals surface area contributed by atoms with E-state index in [-0.39, 0.29) is 6.03 Å². The predicted molar refractivity (Wildman–Crippen MR) is 226 cm³/mol. The van der Waals surface area contributed by atoms with Crippen LogP contribution in [0.3, 0.4) is 0 Å². The van der Waals surface area contributed by atoms with Gasteiger partial charge in [-0.15, -0.1) is 0 Å². The maximum atomic E-state index is 12.5. The Hall–Kier alpha value is -1.26. The quantitative estimate of drug-likeness (QED) is 0.0617. The van der Waals surface area contributed by atoms with E-state index in [1.807, 2.05) is 11.9 Å². The fraction of sp³-hybridized carbons (Fsp3) is 0.957. The first-order valence-corrected chi connectivity index (χ1v) is 23.4. The summed E-state index contributed by atoms with van der Waals surface area (Å²) in [6.45, 7) is 7.01. The number of nitrogens with zero attached hydrogens (tertiary/aromatic N) is 1. The van der Waals surface area contributed by atoms with Crippen molar-refractivity contribution in [2.45, 2.75) is 258 Å². The Kier molecular flexibility index (Phi) is 42.1. The summed E-state index contributed by atoms with van der Waals surface area (Å²) < 4.78 is 0. The number of rotatable bonds is 42. The van der Waals surface area contributed by atoms with Crippen molar-refractivity contribution in [3.05, 3.63) is 0 Å². The van der Waals surface area contributed by atoms with Crippen LogP contribution in [0.2, 0.25) is 0 Å². The Bertz CT molecular complexity index is 700. The summed E-state index contributed by atoms with van der Waals surface area (Å²) in [5, 5.41) is 6.02. The standard InChI is InChI=1S/C46H93N3O2/c1-4-6-8-10-12-14-16-18-20-22-24-26-28-30-34-38-42-47-46(51)48-43-39-35-32-33-37-41-45(50)49(3)44-40-36-31-29-27-25-23-21-19-17-15-13-11-9-7-5-2/h4-44H2,1-3H3,(H2,47,48,51). The number of hydrogen-bond acceptors (Lipinski definition) is 2. The van der Waals surface area contributed by atoms with Crippen molar-refractivity contribution < 1.29 is 9.59 Å². The van der Waals surface area contributed by atoms with E-state index in [1.165, 1.54) is 193 Å². The predicted octanol–water partition coefficient (Wildman–Crippen LogP) is 14.6. The van der Waals surface area contributed by atoms with Crippen LogP contribution in [0, 0.1) is 0 Å². The highest BCUT2D eigenvalue weighted by Crippen LogP contribution is 2.15. The minimum Gasteiger partial charge on any atom is -0.346 e. The van der Waals surface area contributed by atoms with E-state index >= 15 is 0 Å². The molecule has 0 aromatic carbocycles. The number of hydrogen-bond donors (Lipinski definition) is 2. The van der Waals surface area contributed by atoms with Gasteiger partial charge in [0.1, 0.15) is 0 Å². The van der Waals surface area contributed by atoms with Gasteiger partial charge in [0, 0.05) is 33.1 Å². The van der Waals surface area contributed by atoms with Crippen molar-refractivity contribution in [3.8, 4) is 0 Å². The first kappa shape index (κ1) is 49.7. The number of urea groups is 1. The summed E-state index contributed by atoms with van der Waals surface area (Å²) in [6.07, 6.45) is 50.1. The summed E-state index contributed by atoms with van der Waals surface area (Å²) in [5.41, 5.74) is 0. The molecule has 0 aromatic heterocycles. The fourth-order valence-electron chi connectivity index (χ4n) is 7.28. The van der Waals surface area contributed by atoms with E-state index < -0.39 is 0 Å². The van der Waals surface area contributed by atoms with E-state index in [4.69, 9.17) is 0 Å². The van der Waals surface area contributed by atoms with Crippen LogP contribution in [0.5, 0.6) is 0 Å². The molecule has 0 fully saturated rings. The van der Waals surface area contributed by atoms with Crippen molar-refractivity contribution >= 4 is 11.9 Å². The lowest BCUT2D eigenvalue weighted by Gasteiger charge is -2.17. The molecule has 0 bridgehead atoms. The van der Waals surface area contributed by atoms with Crippen LogP contribution in [0.1, 0.15) is 258 Å². The lowest BCUT2D eigenvalue weighted by atomic mass is 10.0. The van der Waals surface area contributed by atoms with Crippen molar-refractivity contribution in [1.29, 1.82) is 0 Å². The summed E-state index contributed by atoms with van der Waals surface area (Å²) in [5.74, 6) is 0.304. The second kappa shape index (κ2) is 43.1. The third-order valence-electron chi connectivity index (χ3n) is 10.9. The Morgan fingerprint density at radius 2 is 0.608 bits per heavy atom. The Morgan fingerprint density at radius 3 is 0.922 bits per heavy atom. The molecule has 0 rings (SSSR count). The summed E-state index contributed by atoms with van der Waals surface area (Å²) in [4.78, 5) is 26.5. The van der Waals surface area contributed by atoms with Crippen molar-refractivity contribution in [1.82, 2.24) is 15.5 Å². The molecule has 5 heteroatoms. The molecule has 3 amide bonds. The average molecular weight is 720 g/mol. The molecule has 2 N–H and O–H groups in total. The molecule has 0 aliphatic carbocycles. The number of carbonyl (C=O) groups excluding carboxylic acids is 2. The lowest BCUT2D eigenvalue weighted by molar-refractivity contribution is -0.130. The molecule has 0 heterocycles. The molecule has 0 aliphatic heterocycles. The SMILES string of the molecule is CCCCCCCCCCCCCCCCCCNC(=O)NCCCCCCCC(=O)N(C)CCCCCCCCCCCCCCCCCC. The maximum Gasteiger partial charge on any atom is 0.314 e. The van der Waals surface area contributed by atoms with Crippen LogP contribution >= 0.6 is 0 Å². The number of unbranched alkanes of at least 4 members (excludes halogenated alkanes) is 34. The van der Waals surface area contributed by atoms with Gasteiger partial charge in [0.05, 0.1) is 0 Å². The topological polar surface area (TPSA) is 61.4 Å². The molecule has 0 aromatic rings. The second-order valence-corrected chi connectivity index (χ2v) is 16.1. The van der Waals surface area contributed by atoms with Crippen LogP contribution in [-0.2, 0) is 4.79 Å². The molecule has 0 radical (unpaired) electrons. The van der Waals surface area contributed by atoms with E-state index in [0.29, 0.717) is 12.3 Å². The zero-order chi connectivity index (χ0) is 37.1. The number of amides is 3. The van der Waals surface area contributed by atoms with Gasteiger partial charge < -0.3 is 15.5 Å². The summed E-state index contributed by atoms with van der Waals surface area (Å²) >= 11 is 0. The van der Waals surface area contributed by atoms with Gasteiger partial charge in [0.25, 0.3) is 0 Å². The minimum absolute atomic E-state index is 0.0195. The van der Waals surface area contributed by atoms with Crippen molar-refractivity contribution in [3.63, 3.8) is 0 Å². The van der Waals surface area contributed by atoms with Gasteiger partial charge in [-0.1, -0.05) is 226 Å². The van der Waals surface area contributed by atoms with E-state index in [2.05, 4.69) is 24.5 Å². The average Bonchev–Trinajstić information content (AvgIpc) is 3.13. The molecule has 0 spiro atoms. The third kappa shape index (κ3) is 41.4. The van der Waals surface area contributed by atoms with Crippen LogP contribution in [-0.4, -0.2) is 43.5 Å². The molecule has 0 saturated carbocycles. The smallest absolute Gasteiger partial charge is 0.314 e. The fourth-order valence-corrected chi connectivity index (χ4v) is 7.28. The maximum absolute atomic E-state index is 12.5. The highest BCUT2D eigenvalue weighted by Gasteiger charge is 2.08. The van der Waals surface area contributed by atoms with Gasteiger partial charge in [-0.3, -0.25) is 4.79 Å². The van der Waals surface area contributed by atoms with Crippen LogP contribution in [0.15, 0.2) is 0 Å². The van der Waals surface area contributed by atoms with Gasteiger partial charge in [0.2, 0.25) is 5.91 Å². The largest absolute Gasteiger partial charge is 0.346 e. The molecule has 0 atom stereocenters. The highest BCUT2D eigenvalue weighted by atomic mass is 16.2. The van der Waals surface area contributed by atoms with Crippen LogP contribution in [0.25, 0.3) is 0 Å². The summed E-state index contributed by atoms with van der Waals surface area (Å²) in [6, 6.07) is -0.0195. The molecular weight excluding hydrogens is 627 g/mol. The second-order valence-electron chi connectivity index (χ2n) is 16.1. The Morgan fingerprint density at radius 1 is 0.353 bits per heavy atom. The molecule has 0 saturated heterocycles. The normalized spacial score (nSPS) is 11.3.